The first-order valence-electron chi connectivity index (χ1n) is 14.7. The maximum atomic E-state index is 12.3. The van der Waals surface area contributed by atoms with Crippen LogP contribution in [0.2, 0.25) is 0 Å². The van der Waals surface area contributed by atoms with Gasteiger partial charge in [0.1, 0.15) is 0 Å². The summed E-state index contributed by atoms with van der Waals surface area (Å²) in [5, 5.41) is 15.3. The van der Waals surface area contributed by atoms with Gasteiger partial charge in [0.05, 0.1) is 18.8 Å². The Balaban J connectivity index is 1.35. The van der Waals surface area contributed by atoms with Crippen molar-refractivity contribution in [3.63, 3.8) is 0 Å². The number of aliphatic hydroxyl groups excluding tert-OH is 1. The van der Waals surface area contributed by atoms with Crippen molar-refractivity contribution in [2.75, 3.05) is 12.3 Å². The molecule has 1 saturated heterocycles. The molecule has 7 nitrogen and oxygen atoms in total. The van der Waals surface area contributed by atoms with Gasteiger partial charge in [-0.25, -0.2) is 0 Å². The van der Waals surface area contributed by atoms with E-state index >= 15 is 0 Å². The van der Waals surface area contributed by atoms with Crippen LogP contribution >= 0.6 is 11.8 Å². The predicted molar refractivity (Wildman–Crippen MR) is 166 cm³/mol. The van der Waals surface area contributed by atoms with Gasteiger partial charge in [-0.05, 0) is 41.7 Å². The number of benzene rings is 3. The van der Waals surface area contributed by atoms with E-state index in [2.05, 4.69) is 29.7 Å². The molecule has 4 atom stereocenters. The monoisotopic (exact) mass is 590 g/mol. The van der Waals surface area contributed by atoms with Crippen LogP contribution in [0.5, 0.6) is 0 Å². The third-order valence-corrected chi connectivity index (χ3v) is 8.58. The summed E-state index contributed by atoms with van der Waals surface area (Å²) in [5.74, 6) is 0.927. The molecule has 8 heteroatoms. The SMILES string of the molecule is CC(=O)NCCCCCC(=O)NCc1ccc(C2OC(CSc3ccccc3)C(C)C(c3ccc(CO)cc3)O2)cc1. The Morgan fingerprint density at radius 2 is 1.52 bits per heavy atom. The van der Waals surface area contributed by atoms with Crippen LogP contribution in [0.15, 0.2) is 83.8 Å². The van der Waals surface area contributed by atoms with Crippen LogP contribution in [-0.2, 0) is 32.2 Å². The van der Waals surface area contributed by atoms with Crippen molar-refractivity contribution in [1.82, 2.24) is 10.6 Å². The quantitative estimate of drug-likeness (QED) is 0.156. The lowest BCUT2D eigenvalue weighted by atomic mass is 9.91. The maximum Gasteiger partial charge on any atom is 0.220 e. The Morgan fingerprint density at radius 1 is 0.833 bits per heavy atom. The molecule has 1 aliphatic rings. The van der Waals surface area contributed by atoms with E-state index in [1.54, 1.807) is 11.8 Å². The van der Waals surface area contributed by atoms with Gasteiger partial charge in [0.2, 0.25) is 11.8 Å². The topological polar surface area (TPSA) is 96.9 Å². The van der Waals surface area contributed by atoms with E-state index in [-0.39, 0.29) is 36.5 Å². The van der Waals surface area contributed by atoms with Gasteiger partial charge in [-0.15, -0.1) is 11.8 Å². The second kappa shape index (κ2) is 16.5. The average Bonchev–Trinajstić information content (AvgIpc) is 3.02. The number of carbonyl (C=O) groups is 2. The fraction of sp³-hybridized carbons (Fsp3) is 0.412. The highest BCUT2D eigenvalue weighted by Gasteiger charge is 2.38. The molecule has 1 aliphatic heterocycles. The van der Waals surface area contributed by atoms with Crippen molar-refractivity contribution in [3.05, 3.63) is 101 Å². The molecule has 2 amide bonds. The molecule has 224 valence electrons. The molecule has 0 aliphatic carbocycles. The molecule has 1 fully saturated rings. The van der Waals surface area contributed by atoms with Crippen molar-refractivity contribution >= 4 is 23.6 Å². The highest BCUT2D eigenvalue weighted by molar-refractivity contribution is 7.99. The van der Waals surface area contributed by atoms with E-state index in [0.717, 1.165) is 47.3 Å². The van der Waals surface area contributed by atoms with Gasteiger partial charge >= 0.3 is 0 Å². The van der Waals surface area contributed by atoms with Gasteiger partial charge in [-0.3, -0.25) is 9.59 Å². The summed E-state index contributed by atoms with van der Waals surface area (Å²) in [7, 11) is 0. The first-order valence-corrected chi connectivity index (χ1v) is 15.7. The molecule has 4 unspecified atom stereocenters. The van der Waals surface area contributed by atoms with Crippen LogP contribution in [0.25, 0.3) is 0 Å². The number of ether oxygens (including phenoxy) is 2. The van der Waals surface area contributed by atoms with Crippen LogP contribution in [0.1, 0.15) is 74.2 Å². The van der Waals surface area contributed by atoms with Crippen molar-refractivity contribution in [3.8, 4) is 0 Å². The Bertz CT molecular complexity index is 1250. The lowest BCUT2D eigenvalue weighted by Crippen LogP contribution is -2.38. The van der Waals surface area contributed by atoms with Gasteiger partial charge < -0.3 is 25.2 Å². The fourth-order valence-corrected chi connectivity index (χ4v) is 6.03. The Hall–Kier alpha value is -3.17. The normalized spacial score (nSPS) is 20.2. The molecule has 3 N–H and O–H groups in total. The minimum atomic E-state index is -0.522. The number of rotatable bonds is 14. The minimum absolute atomic E-state index is 0.0101. The average molecular weight is 591 g/mol. The van der Waals surface area contributed by atoms with Crippen LogP contribution in [0, 0.1) is 5.92 Å². The third kappa shape index (κ3) is 9.70. The summed E-state index contributed by atoms with van der Waals surface area (Å²) < 4.78 is 13.1. The summed E-state index contributed by atoms with van der Waals surface area (Å²) in [4.78, 5) is 24.4. The van der Waals surface area contributed by atoms with Crippen LogP contribution in [0.3, 0.4) is 0 Å². The van der Waals surface area contributed by atoms with Crippen LogP contribution in [-0.4, -0.2) is 35.3 Å². The Morgan fingerprint density at radius 3 is 2.21 bits per heavy atom. The molecule has 1 heterocycles. The Kier molecular flexibility index (Phi) is 12.4. The second-order valence-electron chi connectivity index (χ2n) is 10.8. The molecule has 0 aromatic heterocycles. The van der Waals surface area contributed by atoms with Gasteiger partial charge in [0.25, 0.3) is 0 Å². The summed E-state index contributed by atoms with van der Waals surface area (Å²) in [5.41, 5.74) is 3.88. The predicted octanol–water partition coefficient (Wildman–Crippen LogP) is 6.08. The van der Waals surface area contributed by atoms with Crippen molar-refractivity contribution < 1.29 is 24.2 Å². The van der Waals surface area contributed by atoms with E-state index in [0.29, 0.717) is 19.5 Å². The van der Waals surface area contributed by atoms with Crippen LogP contribution in [0.4, 0.5) is 0 Å². The molecular formula is C34H42N2O5S. The maximum absolute atomic E-state index is 12.3. The zero-order valence-electron chi connectivity index (χ0n) is 24.5. The number of hydrogen-bond donors (Lipinski definition) is 3. The zero-order valence-corrected chi connectivity index (χ0v) is 25.3. The number of carbonyl (C=O) groups excluding carboxylic acids is 2. The molecule has 3 aromatic carbocycles. The molecule has 3 aromatic rings. The standard InChI is InChI=1S/C34H42N2O5S/c1-24-31(23-42-30-9-5-3-6-10-30)40-34(41-33(24)28-16-14-27(22-37)15-17-28)29-18-12-26(13-19-29)21-36-32(39)11-7-4-8-20-35-25(2)38/h3,5-6,9-10,12-19,24,31,33-34,37H,4,7-8,11,20-23H2,1-2H3,(H,35,38)(H,36,39). The molecule has 0 spiro atoms. The molecule has 0 saturated carbocycles. The van der Waals surface area contributed by atoms with Gasteiger partial charge in [-0.1, -0.05) is 80.1 Å². The number of aliphatic hydroxyl groups is 1. The van der Waals surface area contributed by atoms with Gasteiger partial charge in [-0.2, -0.15) is 0 Å². The summed E-state index contributed by atoms with van der Waals surface area (Å²) in [6.07, 6.45) is 2.34. The summed E-state index contributed by atoms with van der Waals surface area (Å²) in [6.45, 7) is 4.81. The van der Waals surface area contributed by atoms with Crippen molar-refractivity contribution in [1.29, 1.82) is 0 Å². The number of unbranched alkanes of at least 4 members (excludes halogenated alkanes) is 2. The van der Waals surface area contributed by atoms with E-state index < -0.39 is 6.29 Å². The van der Waals surface area contributed by atoms with E-state index in [1.807, 2.05) is 66.7 Å². The largest absolute Gasteiger partial charge is 0.392 e. The molecule has 0 bridgehead atoms. The molecular weight excluding hydrogens is 548 g/mol. The van der Waals surface area contributed by atoms with Crippen molar-refractivity contribution in [2.45, 2.75) is 76.1 Å². The van der Waals surface area contributed by atoms with Gasteiger partial charge in [0.15, 0.2) is 6.29 Å². The smallest absolute Gasteiger partial charge is 0.220 e. The lowest BCUT2D eigenvalue weighted by Gasteiger charge is -2.41. The number of hydrogen-bond acceptors (Lipinski definition) is 6. The number of amides is 2. The molecule has 0 radical (unpaired) electrons. The number of nitrogens with one attached hydrogen (secondary N) is 2. The minimum Gasteiger partial charge on any atom is -0.392 e. The van der Waals surface area contributed by atoms with E-state index in [1.165, 1.54) is 11.8 Å². The second-order valence-corrected chi connectivity index (χ2v) is 11.9. The van der Waals surface area contributed by atoms with E-state index in [9.17, 15) is 14.7 Å². The van der Waals surface area contributed by atoms with Crippen LogP contribution < -0.4 is 10.6 Å². The first kappa shape index (κ1) is 31.8. The molecule has 4 rings (SSSR count). The summed E-state index contributed by atoms with van der Waals surface area (Å²) >= 11 is 1.78. The van der Waals surface area contributed by atoms with E-state index in [4.69, 9.17) is 9.47 Å². The van der Waals surface area contributed by atoms with Gasteiger partial charge in [0, 0.05) is 48.6 Å². The molecule has 42 heavy (non-hydrogen) atoms. The first-order chi connectivity index (χ1) is 20.4. The highest BCUT2D eigenvalue weighted by Crippen LogP contribution is 2.43. The third-order valence-electron chi connectivity index (χ3n) is 7.48. The fourth-order valence-electron chi connectivity index (χ4n) is 4.94. The van der Waals surface area contributed by atoms with Crippen molar-refractivity contribution in [2.24, 2.45) is 5.92 Å². The Labute approximate surface area is 253 Å². The number of thioether (sulfide) groups is 1. The summed E-state index contributed by atoms with van der Waals surface area (Å²) in [6, 6.07) is 26.3. The zero-order chi connectivity index (χ0) is 29.7. The lowest BCUT2D eigenvalue weighted by molar-refractivity contribution is -0.268. The highest BCUT2D eigenvalue weighted by atomic mass is 32.2.